The van der Waals surface area contributed by atoms with Crippen molar-refractivity contribution in [2.45, 2.75) is 25.7 Å². The SMILES string of the molecule is COc1cccc(-c2nc(C(=O)N3CCCCCC3)cs2)c1OC. The smallest absolute Gasteiger partial charge is 0.273 e. The van der Waals surface area contributed by atoms with Crippen LogP contribution in [0.1, 0.15) is 36.2 Å². The van der Waals surface area contributed by atoms with Gasteiger partial charge >= 0.3 is 0 Å². The predicted octanol–water partition coefficient (Wildman–Crippen LogP) is 3.84. The Balaban J connectivity index is 1.87. The van der Waals surface area contributed by atoms with Gasteiger partial charge in [-0.15, -0.1) is 11.3 Å². The lowest BCUT2D eigenvalue weighted by Crippen LogP contribution is -2.32. The molecule has 1 amide bonds. The van der Waals surface area contributed by atoms with Crippen molar-refractivity contribution < 1.29 is 14.3 Å². The van der Waals surface area contributed by atoms with Crippen LogP contribution in [0.4, 0.5) is 0 Å². The predicted molar refractivity (Wildman–Crippen MR) is 95.0 cm³/mol. The average molecular weight is 346 g/mol. The molecule has 0 unspecified atom stereocenters. The zero-order chi connectivity index (χ0) is 16.9. The largest absolute Gasteiger partial charge is 0.493 e. The number of likely N-dealkylation sites (tertiary alicyclic amines) is 1. The number of ether oxygens (including phenoxy) is 2. The average Bonchev–Trinajstić information content (AvgIpc) is 2.95. The first-order chi connectivity index (χ1) is 11.7. The molecule has 2 aromatic rings. The number of benzene rings is 1. The third-order valence-corrected chi connectivity index (χ3v) is 5.13. The third kappa shape index (κ3) is 3.38. The highest BCUT2D eigenvalue weighted by molar-refractivity contribution is 7.13. The molecule has 0 bridgehead atoms. The summed E-state index contributed by atoms with van der Waals surface area (Å²) in [6, 6.07) is 5.67. The standard InChI is InChI=1S/C18H22N2O3S/c1-22-15-9-7-8-13(16(15)23-2)17-19-14(12-24-17)18(21)20-10-5-3-4-6-11-20/h7-9,12H,3-6,10-11H2,1-2H3. The molecule has 5 nitrogen and oxygen atoms in total. The van der Waals surface area contributed by atoms with Crippen LogP contribution in [-0.4, -0.2) is 43.1 Å². The molecule has 2 heterocycles. The summed E-state index contributed by atoms with van der Waals surface area (Å²) in [5, 5.41) is 2.60. The van der Waals surface area contributed by atoms with Gasteiger partial charge in [-0.25, -0.2) is 4.98 Å². The molecule has 1 aliphatic rings. The van der Waals surface area contributed by atoms with Gasteiger partial charge in [-0.05, 0) is 25.0 Å². The molecule has 1 aromatic heterocycles. The van der Waals surface area contributed by atoms with Crippen molar-refractivity contribution in [1.82, 2.24) is 9.88 Å². The minimum absolute atomic E-state index is 0.0289. The van der Waals surface area contributed by atoms with E-state index in [0.717, 1.165) is 36.5 Å². The van der Waals surface area contributed by atoms with Crippen molar-refractivity contribution in [3.63, 3.8) is 0 Å². The molecular weight excluding hydrogens is 324 g/mol. The normalized spacial score (nSPS) is 15.0. The molecule has 1 fully saturated rings. The number of rotatable bonds is 4. The second-order valence-corrected chi connectivity index (χ2v) is 6.64. The monoisotopic (exact) mass is 346 g/mol. The zero-order valence-electron chi connectivity index (χ0n) is 14.1. The van der Waals surface area contributed by atoms with Crippen molar-refractivity contribution in [2.24, 2.45) is 0 Å². The number of carbonyl (C=O) groups is 1. The lowest BCUT2D eigenvalue weighted by molar-refractivity contribution is 0.0756. The van der Waals surface area contributed by atoms with Crippen LogP contribution < -0.4 is 9.47 Å². The fourth-order valence-corrected chi connectivity index (χ4v) is 3.80. The van der Waals surface area contributed by atoms with Crippen LogP contribution in [-0.2, 0) is 0 Å². The Hall–Kier alpha value is -2.08. The number of methoxy groups -OCH3 is 2. The molecule has 0 spiro atoms. The van der Waals surface area contributed by atoms with Gasteiger partial charge in [0, 0.05) is 18.5 Å². The number of hydrogen-bond acceptors (Lipinski definition) is 5. The van der Waals surface area contributed by atoms with Gasteiger partial charge in [0.15, 0.2) is 11.5 Å². The van der Waals surface area contributed by atoms with Crippen molar-refractivity contribution >= 4 is 17.2 Å². The van der Waals surface area contributed by atoms with Gasteiger partial charge < -0.3 is 14.4 Å². The van der Waals surface area contributed by atoms with Gasteiger partial charge in [0.05, 0.1) is 19.8 Å². The van der Waals surface area contributed by atoms with Crippen LogP contribution in [0.3, 0.4) is 0 Å². The van der Waals surface area contributed by atoms with Crippen LogP contribution in [0, 0.1) is 0 Å². The molecule has 1 aliphatic heterocycles. The maximum Gasteiger partial charge on any atom is 0.273 e. The fraction of sp³-hybridized carbons (Fsp3) is 0.444. The molecule has 6 heteroatoms. The number of amides is 1. The van der Waals surface area contributed by atoms with E-state index in [1.807, 2.05) is 28.5 Å². The minimum atomic E-state index is 0.0289. The molecule has 0 saturated carbocycles. The second-order valence-electron chi connectivity index (χ2n) is 5.79. The van der Waals surface area contributed by atoms with E-state index in [9.17, 15) is 4.79 Å². The van der Waals surface area contributed by atoms with Crippen molar-refractivity contribution in [1.29, 1.82) is 0 Å². The van der Waals surface area contributed by atoms with E-state index < -0.39 is 0 Å². The van der Waals surface area contributed by atoms with E-state index in [0.29, 0.717) is 17.2 Å². The maximum atomic E-state index is 12.7. The first-order valence-electron chi connectivity index (χ1n) is 8.20. The third-order valence-electron chi connectivity index (χ3n) is 4.25. The van der Waals surface area contributed by atoms with Crippen molar-refractivity contribution in [3.8, 4) is 22.1 Å². The van der Waals surface area contributed by atoms with E-state index in [1.165, 1.54) is 24.2 Å². The number of para-hydroxylation sites is 1. The highest BCUT2D eigenvalue weighted by Crippen LogP contribution is 2.39. The Bertz CT molecular complexity index is 706. The molecule has 128 valence electrons. The number of hydrogen-bond donors (Lipinski definition) is 0. The molecule has 0 radical (unpaired) electrons. The first-order valence-corrected chi connectivity index (χ1v) is 9.08. The summed E-state index contributed by atoms with van der Waals surface area (Å²) in [6.07, 6.45) is 4.55. The second kappa shape index (κ2) is 7.66. The van der Waals surface area contributed by atoms with E-state index >= 15 is 0 Å². The quantitative estimate of drug-likeness (QED) is 0.844. The molecule has 24 heavy (non-hydrogen) atoms. The van der Waals surface area contributed by atoms with Crippen LogP contribution in [0.15, 0.2) is 23.6 Å². The Morgan fingerprint density at radius 2 is 1.88 bits per heavy atom. The van der Waals surface area contributed by atoms with Crippen LogP contribution in [0.25, 0.3) is 10.6 Å². The molecule has 1 aromatic carbocycles. The summed E-state index contributed by atoms with van der Waals surface area (Å²) in [7, 11) is 3.22. The summed E-state index contributed by atoms with van der Waals surface area (Å²) in [6.45, 7) is 1.66. The Kier molecular flexibility index (Phi) is 5.35. The Labute approximate surface area is 146 Å². The number of nitrogens with zero attached hydrogens (tertiary/aromatic N) is 2. The summed E-state index contributed by atoms with van der Waals surface area (Å²) < 4.78 is 10.8. The van der Waals surface area contributed by atoms with Gasteiger partial charge in [-0.2, -0.15) is 0 Å². The number of aromatic nitrogens is 1. The van der Waals surface area contributed by atoms with Crippen LogP contribution >= 0.6 is 11.3 Å². The first kappa shape index (κ1) is 16.8. The van der Waals surface area contributed by atoms with E-state index in [4.69, 9.17) is 9.47 Å². The van der Waals surface area contributed by atoms with Gasteiger partial charge in [-0.1, -0.05) is 18.9 Å². The van der Waals surface area contributed by atoms with Crippen LogP contribution in [0.5, 0.6) is 11.5 Å². The molecule has 1 saturated heterocycles. The topological polar surface area (TPSA) is 51.7 Å². The summed E-state index contributed by atoms with van der Waals surface area (Å²) in [4.78, 5) is 19.2. The Morgan fingerprint density at radius 3 is 2.54 bits per heavy atom. The van der Waals surface area contributed by atoms with Gasteiger partial charge in [0.25, 0.3) is 5.91 Å². The lowest BCUT2D eigenvalue weighted by Gasteiger charge is -2.18. The highest BCUT2D eigenvalue weighted by atomic mass is 32.1. The molecule has 3 rings (SSSR count). The van der Waals surface area contributed by atoms with Crippen molar-refractivity contribution in [3.05, 3.63) is 29.3 Å². The highest BCUT2D eigenvalue weighted by Gasteiger charge is 2.21. The van der Waals surface area contributed by atoms with E-state index in [2.05, 4.69) is 4.98 Å². The van der Waals surface area contributed by atoms with Gasteiger partial charge in [0.1, 0.15) is 10.7 Å². The fourth-order valence-electron chi connectivity index (χ4n) is 2.99. The molecular formula is C18H22N2O3S. The van der Waals surface area contributed by atoms with E-state index in [-0.39, 0.29) is 5.91 Å². The summed E-state index contributed by atoms with van der Waals surface area (Å²) in [5.74, 6) is 1.33. The molecule has 0 N–H and O–H groups in total. The zero-order valence-corrected chi connectivity index (χ0v) is 14.9. The molecule has 0 aliphatic carbocycles. The van der Waals surface area contributed by atoms with E-state index in [1.54, 1.807) is 14.2 Å². The van der Waals surface area contributed by atoms with Gasteiger partial charge in [0.2, 0.25) is 0 Å². The maximum absolute atomic E-state index is 12.7. The number of carbonyl (C=O) groups excluding carboxylic acids is 1. The number of thiazole rings is 1. The van der Waals surface area contributed by atoms with Crippen LogP contribution in [0.2, 0.25) is 0 Å². The minimum Gasteiger partial charge on any atom is -0.493 e. The lowest BCUT2D eigenvalue weighted by atomic mass is 10.2. The van der Waals surface area contributed by atoms with Gasteiger partial charge in [-0.3, -0.25) is 4.79 Å². The summed E-state index contributed by atoms with van der Waals surface area (Å²) in [5.41, 5.74) is 1.36. The molecule has 0 atom stereocenters. The summed E-state index contributed by atoms with van der Waals surface area (Å²) >= 11 is 1.45. The van der Waals surface area contributed by atoms with Crippen molar-refractivity contribution in [2.75, 3.05) is 27.3 Å². The Morgan fingerprint density at radius 1 is 1.12 bits per heavy atom.